The quantitative estimate of drug-likeness (QED) is 0.648. The number of nitrogens with two attached hydrogens (primary N) is 1. The third-order valence-electron chi connectivity index (χ3n) is 1.51. The van der Waals surface area contributed by atoms with Crippen LogP contribution < -0.4 is 5.73 Å². The molecule has 1 rings (SSSR count). The van der Waals surface area contributed by atoms with Gasteiger partial charge >= 0.3 is 0 Å². The van der Waals surface area contributed by atoms with Crippen molar-refractivity contribution in [1.82, 2.24) is 0 Å². The first-order valence-corrected chi connectivity index (χ1v) is 4.06. The minimum atomic E-state index is 0.00579. The third-order valence-corrected chi connectivity index (χ3v) is 2.37. The highest BCUT2D eigenvalue weighted by Gasteiger charge is 2.04. The Bertz CT molecular complexity index is 227. The van der Waals surface area contributed by atoms with Crippen molar-refractivity contribution in [3.8, 4) is 0 Å². The maximum absolute atomic E-state index is 5.73. The summed E-state index contributed by atoms with van der Waals surface area (Å²) in [4.78, 5) is 1.28. The van der Waals surface area contributed by atoms with Crippen LogP contribution in [0.3, 0.4) is 0 Å². The van der Waals surface area contributed by atoms with Gasteiger partial charge in [0.05, 0.1) is 0 Å². The first-order chi connectivity index (χ1) is 4.75. The summed E-state index contributed by atoms with van der Waals surface area (Å²) in [6, 6.07) is 2.05. The van der Waals surface area contributed by atoms with Gasteiger partial charge in [-0.05, 0) is 23.9 Å². The van der Waals surface area contributed by atoms with Crippen molar-refractivity contribution in [3.05, 3.63) is 34.5 Å². The molecule has 0 amide bonds. The molecular weight excluding hydrogens is 142 g/mol. The van der Waals surface area contributed by atoms with E-state index in [1.807, 2.05) is 11.4 Å². The number of rotatable bonds is 2. The molecule has 1 aromatic heterocycles. The van der Waals surface area contributed by atoms with Gasteiger partial charge in [-0.15, -0.1) is 17.9 Å². The van der Waals surface area contributed by atoms with E-state index in [0.717, 1.165) is 0 Å². The average Bonchev–Trinajstić information content (AvgIpc) is 2.34. The zero-order valence-electron chi connectivity index (χ0n) is 6.00. The molecule has 0 unspecified atom stereocenters. The zero-order valence-corrected chi connectivity index (χ0v) is 6.82. The van der Waals surface area contributed by atoms with Crippen molar-refractivity contribution >= 4 is 11.3 Å². The Kier molecular flexibility index (Phi) is 2.25. The smallest absolute Gasteiger partial charge is 0.0489 e. The molecule has 1 atom stereocenters. The summed E-state index contributed by atoms with van der Waals surface area (Å²) in [5, 5.41) is 2.05. The van der Waals surface area contributed by atoms with Crippen LogP contribution in [0.15, 0.2) is 24.1 Å². The fourth-order valence-electron chi connectivity index (χ4n) is 0.868. The van der Waals surface area contributed by atoms with Crippen molar-refractivity contribution < 1.29 is 0 Å². The first-order valence-electron chi connectivity index (χ1n) is 3.18. The Balaban J connectivity index is 2.92. The Morgan fingerprint density at radius 3 is 2.90 bits per heavy atom. The summed E-state index contributed by atoms with van der Waals surface area (Å²) < 4.78 is 0. The maximum atomic E-state index is 5.73. The molecule has 1 aromatic rings. The van der Waals surface area contributed by atoms with E-state index in [1.165, 1.54) is 10.4 Å². The second-order valence-corrected chi connectivity index (χ2v) is 3.31. The summed E-state index contributed by atoms with van der Waals surface area (Å²) in [5.74, 6) is 0. The van der Waals surface area contributed by atoms with Crippen LogP contribution in [0.1, 0.15) is 16.5 Å². The summed E-state index contributed by atoms with van der Waals surface area (Å²) >= 11 is 1.72. The number of thiophene rings is 1. The van der Waals surface area contributed by atoms with E-state index in [0.29, 0.717) is 0 Å². The molecule has 0 aliphatic heterocycles. The van der Waals surface area contributed by atoms with Gasteiger partial charge in [-0.2, -0.15) is 0 Å². The van der Waals surface area contributed by atoms with Crippen LogP contribution in [-0.4, -0.2) is 0 Å². The predicted octanol–water partition coefficient (Wildman–Crippen LogP) is 2.24. The molecule has 1 nitrogen and oxygen atoms in total. The van der Waals surface area contributed by atoms with Crippen molar-refractivity contribution in [2.75, 3.05) is 0 Å². The molecule has 2 N–H and O–H groups in total. The second kappa shape index (κ2) is 2.99. The monoisotopic (exact) mass is 153 g/mol. The van der Waals surface area contributed by atoms with Crippen LogP contribution in [0, 0.1) is 6.92 Å². The number of aryl methyl sites for hydroxylation is 1. The standard InChI is InChI=1S/C8H11NS/c1-3-8(9)7-4-5-10-6(7)2/h3-5,8H,1,9H2,2H3/t8-/m1/s1. The fourth-order valence-corrected chi connectivity index (χ4v) is 1.63. The van der Waals surface area contributed by atoms with Crippen LogP contribution in [0.25, 0.3) is 0 Å². The molecule has 0 saturated heterocycles. The maximum Gasteiger partial charge on any atom is 0.0489 e. The first kappa shape index (κ1) is 7.51. The number of hydrogen-bond acceptors (Lipinski definition) is 2. The summed E-state index contributed by atoms with van der Waals surface area (Å²) in [6.45, 7) is 5.71. The van der Waals surface area contributed by atoms with E-state index < -0.39 is 0 Å². The zero-order chi connectivity index (χ0) is 7.56. The van der Waals surface area contributed by atoms with Crippen LogP contribution in [-0.2, 0) is 0 Å². The van der Waals surface area contributed by atoms with Gasteiger partial charge in [-0.25, -0.2) is 0 Å². The van der Waals surface area contributed by atoms with E-state index in [1.54, 1.807) is 17.4 Å². The van der Waals surface area contributed by atoms with Gasteiger partial charge in [0.15, 0.2) is 0 Å². The van der Waals surface area contributed by atoms with Crippen LogP contribution in [0.5, 0.6) is 0 Å². The van der Waals surface area contributed by atoms with E-state index in [2.05, 4.69) is 13.5 Å². The minimum absolute atomic E-state index is 0.00579. The molecule has 0 aromatic carbocycles. The van der Waals surface area contributed by atoms with Crippen molar-refractivity contribution in [3.63, 3.8) is 0 Å². The topological polar surface area (TPSA) is 26.0 Å². The molecule has 0 saturated carbocycles. The predicted molar refractivity (Wildman–Crippen MR) is 46.2 cm³/mol. The highest BCUT2D eigenvalue weighted by molar-refractivity contribution is 7.10. The Labute approximate surface area is 65.2 Å². The van der Waals surface area contributed by atoms with Gasteiger partial charge < -0.3 is 5.73 Å². The SMILES string of the molecule is C=C[C@@H](N)c1ccsc1C. The third kappa shape index (κ3) is 1.28. The Morgan fingerprint density at radius 1 is 1.80 bits per heavy atom. The minimum Gasteiger partial charge on any atom is -0.321 e. The van der Waals surface area contributed by atoms with Gasteiger partial charge in [0.2, 0.25) is 0 Å². The Morgan fingerprint density at radius 2 is 2.50 bits per heavy atom. The van der Waals surface area contributed by atoms with Crippen LogP contribution in [0.2, 0.25) is 0 Å². The molecule has 10 heavy (non-hydrogen) atoms. The van der Waals surface area contributed by atoms with E-state index in [9.17, 15) is 0 Å². The molecule has 0 spiro atoms. The van der Waals surface area contributed by atoms with Crippen molar-refractivity contribution in [2.45, 2.75) is 13.0 Å². The molecule has 0 radical (unpaired) electrons. The van der Waals surface area contributed by atoms with Crippen molar-refractivity contribution in [1.29, 1.82) is 0 Å². The summed E-state index contributed by atoms with van der Waals surface area (Å²) in [5.41, 5.74) is 6.92. The van der Waals surface area contributed by atoms with Gasteiger partial charge in [0.25, 0.3) is 0 Å². The van der Waals surface area contributed by atoms with Gasteiger partial charge in [-0.3, -0.25) is 0 Å². The normalized spacial score (nSPS) is 13.0. The average molecular weight is 153 g/mol. The van der Waals surface area contributed by atoms with E-state index in [4.69, 9.17) is 5.73 Å². The van der Waals surface area contributed by atoms with E-state index >= 15 is 0 Å². The second-order valence-electron chi connectivity index (χ2n) is 2.19. The summed E-state index contributed by atoms with van der Waals surface area (Å²) in [7, 11) is 0. The lowest BCUT2D eigenvalue weighted by Crippen LogP contribution is -2.05. The van der Waals surface area contributed by atoms with Gasteiger partial charge in [0.1, 0.15) is 0 Å². The molecule has 0 bridgehead atoms. The van der Waals surface area contributed by atoms with Gasteiger partial charge in [0, 0.05) is 10.9 Å². The molecule has 1 heterocycles. The fraction of sp³-hybridized carbons (Fsp3) is 0.250. The Hall–Kier alpha value is -0.600. The molecule has 0 aliphatic rings. The van der Waals surface area contributed by atoms with Crippen molar-refractivity contribution in [2.24, 2.45) is 5.73 Å². The molecule has 0 aliphatic carbocycles. The summed E-state index contributed by atoms with van der Waals surface area (Å²) in [6.07, 6.45) is 1.76. The molecule has 0 fully saturated rings. The van der Waals surface area contributed by atoms with Gasteiger partial charge in [-0.1, -0.05) is 6.08 Å². The highest BCUT2D eigenvalue weighted by atomic mass is 32.1. The lowest BCUT2D eigenvalue weighted by atomic mass is 10.1. The molecule has 54 valence electrons. The lowest BCUT2D eigenvalue weighted by Gasteiger charge is -2.03. The highest BCUT2D eigenvalue weighted by Crippen LogP contribution is 2.20. The van der Waals surface area contributed by atoms with E-state index in [-0.39, 0.29) is 6.04 Å². The molecular formula is C8H11NS. The lowest BCUT2D eigenvalue weighted by molar-refractivity contribution is 0.912. The molecule has 2 heteroatoms. The number of hydrogen-bond donors (Lipinski definition) is 1. The van der Waals surface area contributed by atoms with Crippen LogP contribution in [0.4, 0.5) is 0 Å². The van der Waals surface area contributed by atoms with Crippen LogP contribution >= 0.6 is 11.3 Å². The largest absolute Gasteiger partial charge is 0.321 e.